The van der Waals surface area contributed by atoms with Crippen LogP contribution in [0.3, 0.4) is 0 Å². The van der Waals surface area contributed by atoms with Crippen molar-refractivity contribution >= 4 is 5.91 Å². The molecule has 1 rings (SSSR count). The molecule has 1 N–H and O–H groups in total. The van der Waals surface area contributed by atoms with Gasteiger partial charge in [0.2, 0.25) is 0 Å². The topological polar surface area (TPSA) is 29.1 Å². The average Bonchev–Trinajstić information content (AvgIpc) is 2.15. The Labute approximate surface area is 98.1 Å². The fourth-order valence-corrected chi connectivity index (χ4v) is 1.45. The monoisotopic (exact) mass is 219 g/mol. The van der Waals surface area contributed by atoms with Crippen LogP contribution < -0.4 is 5.32 Å². The normalized spacial score (nSPS) is 11.6. The Morgan fingerprint density at radius 2 is 1.88 bits per heavy atom. The van der Waals surface area contributed by atoms with E-state index in [1.54, 1.807) is 0 Å². The fourth-order valence-electron chi connectivity index (χ4n) is 1.45. The van der Waals surface area contributed by atoms with E-state index >= 15 is 0 Å². The second-order valence-electron chi connectivity index (χ2n) is 5.48. The van der Waals surface area contributed by atoms with Gasteiger partial charge in [-0.05, 0) is 44.4 Å². The van der Waals surface area contributed by atoms with Gasteiger partial charge in [0, 0.05) is 11.1 Å². The third-order valence-electron chi connectivity index (χ3n) is 2.30. The molecule has 0 aromatic heterocycles. The third kappa shape index (κ3) is 3.69. The zero-order chi connectivity index (χ0) is 12.3. The van der Waals surface area contributed by atoms with Crippen LogP contribution in [0.15, 0.2) is 24.3 Å². The van der Waals surface area contributed by atoms with Crippen LogP contribution in [-0.4, -0.2) is 11.4 Å². The second kappa shape index (κ2) is 4.69. The molecule has 0 saturated heterocycles. The molecule has 2 nitrogen and oxygen atoms in total. The number of carbonyl (C=O) groups excluding carboxylic acids is 1. The molecule has 0 atom stereocenters. The summed E-state index contributed by atoms with van der Waals surface area (Å²) in [6.07, 6.45) is 0. The maximum Gasteiger partial charge on any atom is 0.251 e. The fraction of sp³-hybridized carbons (Fsp3) is 0.500. The molecule has 2 heteroatoms. The van der Waals surface area contributed by atoms with Crippen molar-refractivity contribution in [3.8, 4) is 0 Å². The van der Waals surface area contributed by atoms with E-state index in [2.05, 4.69) is 25.2 Å². The summed E-state index contributed by atoms with van der Waals surface area (Å²) >= 11 is 0. The molecule has 88 valence electrons. The van der Waals surface area contributed by atoms with Gasteiger partial charge >= 0.3 is 0 Å². The van der Waals surface area contributed by atoms with Gasteiger partial charge in [0.15, 0.2) is 0 Å². The summed E-state index contributed by atoms with van der Waals surface area (Å²) in [4.78, 5) is 11.9. The summed E-state index contributed by atoms with van der Waals surface area (Å²) in [5.74, 6) is 0.442. The van der Waals surface area contributed by atoms with Crippen LogP contribution in [0.5, 0.6) is 0 Å². The van der Waals surface area contributed by atoms with Crippen LogP contribution >= 0.6 is 0 Å². The molecule has 16 heavy (non-hydrogen) atoms. The van der Waals surface area contributed by atoms with Gasteiger partial charge < -0.3 is 5.32 Å². The molecule has 1 aromatic carbocycles. The predicted octanol–water partition coefficient (Wildman–Crippen LogP) is 3.34. The molecule has 0 aliphatic carbocycles. The predicted molar refractivity (Wildman–Crippen MR) is 67.8 cm³/mol. The van der Waals surface area contributed by atoms with E-state index in [1.165, 1.54) is 5.56 Å². The number of benzene rings is 1. The molecule has 0 radical (unpaired) electrons. The molecule has 0 unspecified atom stereocenters. The second-order valence-corrected chi connectivity index (χ2v) is 5.48. The van der Waals surface area contributed by atoms with Crippen LogP contribution in [0.4, 0.5) is 0 Å². The van der Waals surface area contributed by atoms with Crippen molar-refractivity contribution in [2.45, 2.75) is 46.1 Å². The van der Waals surface area contributed by atoms with E-state index in [1.807, 2.05) is 39.0 Å². The smallest absolute Gasteiger partial charge is 0.251 e. The number of amides is 1. The molecule has 0 bridgehead atoms. The lowest BCUT2D eigenvalue weighted by molar-refractivity contribution is 0.0919. The molecule has 0 saturated carbocycles. The molecule has 0 aliphatic heterocycles. The first-order valence-electron chi connectivity index (χ1n) is 5.72. The Morgan fingerprint density at radius 1 is 1.25 bits per heavy atom. The van der Waals surface area contributed by atoms with E-state index < -0.39 is 0 Å². The first-order chi connectivity index (χ1) is 7.29. The van der Waals surface area contributed by atoms with Crippen molar-refractivity contribution in [2.24, 2.45) is 0 Å². The minimum atomic E-state index is -0.190. The van der Waals surface area contributed by atoms with Gasteiger partial charge in [0.05, 0.1) is 0 Å². The van der Waals surface area contributed by atoms with Crippen molar-refractivity contribution in [3.63, 3.8) is 0 Å². The van der Waals surface area contributed by atoms with Gasteiger partial charge in [-0.3, -0.25) is 4.79 Å². The summed E-state index contributed by atoms with van der Waals surface area (Å²) < 4.78 is 0. The summed E-state index contributed by atoms with van der Waals surface area (Å²) in [6, 6.07) is 7.81. The van der Waals surface area contributed by atoms with Crippen molar-refractivity contribution < 1.29 is 4.79 Å². The lowest BCUT2D eigenvalue weighted by Crippen LogP contribution is -2.40. The maximum absolute atomic E-state index is 11.9. The first-order valence-corrected chi connectivity index (χ1v) is 5.72. The number of hydrogen-bond acceptors (Lipinski definition) is 1. The lowest BCUT2D eigenvalue weighted by Gasteiger charge is -2.20. The summed E-state index contributed by atoms with van der Waals surface area (Å²) in [5, 5.41) is 2.96. The number of hydrogen-bond donors (Lipinski definition) is 1. The standard InChI is InChI=1S/C14H21NO/c1-10(2)11-7-6-8-12(9-11)13(16)15-14(3,4)5/h6-10H,1-5H3,(H,15,16). The van der Waals surface area contributed by atoms with Gasteiger partial charge in [-0.2, -0.15) is 0 Å². The van der Waals surface area contributed by atoms with E-state index in [0.29, 0.717) is 5.92 Å². The Balaban J connectivity index is 2.88. The maximum atomic E-state index is 11.9. The molecule has 1 amide bonds. The zero-order valence-corrected chi connectivity index (χ0v) is 10.8. The highest BCUT2D eigenvalue weighted by atomic mass is 16.1. The minimum Gasteiger partial charge on any atom is -0.347 e. The number of nitrogens with one attached hydrogen (secondary N) is 1. The third-order valence-corrected chi connectivity index (χ3v) is 2.30. The van der Waals surface area contributed by atoms with E-state index in [9.17, 15) is 4.79 Å². The van der Waals surface area contributed by atoms with Crippen molar-refractivity contribution in [3.05, 3.63) is 35.4 Å². The number of rotatable bonds is 2. The van der Waals surface area contributed by atoms with Gasteiger partial charge in [0.1, 0.15) is 0 Å². The highest BCUT2D eigenvalue weighted by molar-refractivity contribution is 5.94. The molecular formula is C14H21NO. The van der Waals surface area contributed by atoms with E-state index in [4.69, 9.17) is 0 Å². The summed E-state index contributed by atoms with van der Waals surface area (Å²) in [7, 11) is 0. The molecule has 1 aromatic rings. The van der Waals surface area contributed by atoms with Crippen LogP contribution in [0, 0.1) is 0 Å². The van der Waals surface area contributed by atoms with E-state index in [-0.39, 0.29) is 11.4 Å². The SMILES string of the molecule is CC(C)c1cccc(C(=O)NC(C)(C)C)c1. The van der Waals surface area contributed by atoms with Crippen LogP contribution in [-0.2, 0) is 0 Å². The van der Waals surface area contributed by atoms with Crippen LogP contribution in [0.25, 0.3) is 0 Å². The van der Waals surface area contributed by atoms with Crippen molar-refractivity contribution in [1.82, 2.24) is 5.32 Å². The minimum absolute atomic E-state index is 0.00463. The van der Waals surface area contributed by atoms with E-state index in [0.717, 1.165) is 5.56 Å². The Bertz CT molecular complexity index is 375. The van der Waals surface area contributed by atoms with Crippen molar-refractivity contribution in [2.75, 3.05) is 0 Å². The van der Waals surface area contributed by atoms with Gasteiger partial charge in [-0.15, -0.1) is 0 Å². The summed E-state index contributed by atoms with van der Waals surface area (Å²) in [6.45, 7) is 10.2. The molecule has 0 heterocycles. The first kappa shape index (κ1) is 12.8. The van der Waals surface area contributed by atoms with Gasteiger partial charge in [-0.25, -0.2) is 0 Å². The van der Waals surface area contributed by atoms with Gasteiger partial charge in [-0.1, -0.05) is 26.0 Å². The number of carbonyl (C=O) groups is 1. The van der Waals surface area contributed by atoms with Crippen LogP contribution in [0.1, 0.15) is 56.5 Å². The van der Waals surface area contributed by atoms with Gasteiger partial charge in [0.25, 0.3) is 5.91 Å². The lowest BCUT2D eigenvalue weighted by atomic mass is 10.00. The average molecular weight is 219 g/mol. The van der Waals surface area contributed by atoms with Crippen molar-refractivity contribution in [1.29, 1.82) is 0 Å². The Morgan fingerprint density at radius 3 is 2.38 bits per heavy atom. The molecule has 0 spiro atoms. The largest absolute Gasteiger partial charge is 0.347 e. The van der Waals surface area contributed by atoms with Crippen LogP contribution in [0.2, 0.25) is 0 Å². The zero-order valence-electron chi connectivity index (χ0n) is 10.8. The molecule has 0 fully saturated rings. The molecule has 0 aliphatic rings. The quantitative estimate of drug-likeness (QED) is 0.812. The Kier molecular flexibility index (Phi) is 3.74. The molecular weight excluding hydrogens is 198 g/mol. The highest BCUT2D eigenvalue weighted by Gasteiger charge is 2.15. The highest BCUT2D eigenvalue weighted by Crippen LogP contribution is 2.16. The summed E-state index contributed by atoms with van der Waals surface area (Å²) in [5.41, 5.74) is 1.74. The Hall–Kier alpha value is -1.31.